The summed E-state index contributed by atoms with van der Waals surface area (Å²) in [5.74, 6) is 0. The molecule has 1 aromatic rings. The minimum absolute atomic E-state index is 0.106. The largest absolute Gasteiger partial charge is 0.351 e. The van der Waals surface area contributed by atoms with E-state index in [0.717, 1.165) is 17.4 Å². The van der Waals surface area contributed by atoms with Gasteiger partial charge >= 0.3 is 5.38 Å². The molecule has 0 aliphatic heterocycles. The molecule has 0 amide bonds. The van der Waals surface area contributed by atoms with Crippen molar-refractivity contribution < 1.29 is 13.6 Å². The van der Waals surface area contributed by atoms with Crippen LogP contribution in [0.15, 0.2) is 16.4 Å². The van der Waals surface area contributed by atoms with E-state index in [1.165, 1.54) is 11.5 Å². The molecule has 0 saturated carbocycles. The molecule has 6 heteroatoms. The van der Waals surface area contributed by atoms with Gasteiger partial charge in [-0.15, -0.1) is 11.3 Å². The van der Waals surface area contributed by atoms with Gasteiger partial charge in [-0.3, -0.25) is 0 Å². The third-order valence-electron chi connectivity index (χ3n) is 1.10. The summed E-state index contributed by atoms with van der Waals surface area (Å²) in [5, 5.41) is -2.21. The molecule has 0 atom stereocenters. The minimum atomic E-state index is -3.48. The van der Waals surface area contributed by atoms with E-state index >= 15 is 0 Å². The van der Waals surface area contributed by atoms with Gasteiger partial charge in [0.2, 0.25) is 6.08 Å². The van der Waals surface area contributed by atoms with Crippen LogP contribution in [0, 0.1) is 0 Å². The third kappa shape index (κ3) is 1.88. The summed E-state index contributed by atoms with van der Waals surface area (Å²) in [7, 11) is 0. The Hall–Kier alpha value is -0.770. The first-order chi connectivity index (χ1) is 5.55. The highest BCUT2D eigenvalue weighted by Crippen LogP contribution is 2.41. The van der Waals surface area contributed by atoms with Crippen molar-refractivity contribution in [2.75, 3.05) is 0 Å². The average Bonchev–Trinajstić information content (AvgIpc) is 2.34. The Morgan fingerprint density at radius 1 is 1.67 bits per heavy atom. The zero-order valence-electron chi connectivity index (χ0n) is 5.55. The molecule has 64 valence electrons. The van der Waals surface area contributed by atoms with Crippen molar-refractivity contribution in [2.45, 2.75) is 5.38 Å². The molecular weight excluding hydrogens is 208 g/mol. The lowest BCUT2D eigenvalue weighted by Crippen LogP contribution is -2.00. The van der Waals surface area contributed by atoms with Gasteiger partial charge in [-0.1, -0.05) is 0 Å². The Morgan fingerprint density at radius 2 is 2.33 bits per heavy atom. The first-order valence-corrected chi connectivity index (χ1v) is 4.04. The summed E-state index contributed by atoms with van der Waals surface area (Å²) in [6.07, 6.45) is 1.18. The predicted octanol–water partition coefficient (Wildman–Crippen LogP) is 3.00. The van der Waals surface area contributed by atoms with Crippen LogP contribution in [0.4, 0.5) is 13.8 Å². The van der Waals surface area contributed by atoms with Gasteiger partial charge in [0.15, 0.2) is 0 Å². The van der Waals surface area contributed by atoms with E-state index in [9.17, 15) is 13.6 Å². The number of nitrogens with zero attached hydrogens (tertiary/aromatic N) is 1. The van der Waals surface area contributed by atoms with Crippen LogP contribution in [0.5, 0.6) is 0 Å². The summed E-state index contributed by atoms with van der Waals surface area (Å²) in [4.78, 5) is 12.9. The molecule has 0 bridgehead atoms. The molecule has 0 aliphatic rings. The predicted molar refractivity (Wildman–Crippen MR) is 41.8 cm³/mol. The van der Waals surface area contributed by atoms with E-state index in [1.807, 2.05) is 0 Å². The minimum Gasteiger partial charge on any atom is -0.211 e. The van der Waals surface area contributed by atoms with Crippen LogP contribution >= 0.6 is 22.9 Å². The van der Waals surface area contributed by atoms with Crippen molar-refractivity contribution in [3.05, 3.63) is 17.0 Å². The van der Waals surface area contributed by atoms with E-state index < -0.39 is 10.9 Å². The molecule has 0 saturated heterocycles. The molecular formula is C6H2ClF2NOS. The van der Waals surface area contributed by atoms with Gasteiger partial charge in [0.1, 0.15) is 5.00 Å². The van der Waals surface area contributed by atoms with Gasteiger partial charge in [0.25, 0.3) is 0 Å². The molecule has 0 N–H and O–H groups in total. The maximum Gasteiger partial charge on any atom is 0.351 e. The number of rotatable bonds is 2. The topological polar surface area (TPSA) is 29.4 Å². The van der Waals surface area contributed by atoms with Gasteiger partial charge in [-0.2, -0.15) is 13.8 Å². The lowest BCUT2D eigenvalue weighted by atomic mass is 10.3. The number of carbonyl (C=O) groups excluding carboxylic acids is 1. The van der Waals surface area contributed by atoms with Crippen LogP contribution in [0.25, 0.3) is 0 Å². The van der Waals surface area contributed by atoms with Gasteiger partial charge in [-0.05, 0) is 23.0 Å². The lowest BCUT2D eigenvalue weighted by molar-refractivity contribution is 0.0962. The highest BCUT2D eigenvalue weighted by molar-refractivity contribution is 7.14. The Balaban J connectivity index is 3.16. The van der Waals surface area contributed by atoms with Crippen molar-refractivity contribution in [3.8, 4) is 0 Å². The summed E-state index contributed by atoms with van der Waals surface area (Å²) in [6.45, 7) is 0. The molecule has 0 aromatic carbocycles. The summed E-state index contributed by atoms with van der Waals surface area (Å²) >= 11 is 5.63. The van der Waals surface area contributed by atoms with Gasteiger partial charge in [-0.25, -0.2) is 4.79 Å². The molecule has 0 radical (unpaired) electrons. The van der Waals surface area contributed by atoms with Crippen LogP contribution in [0.2, 0.25) is 0 Å². The maximum atomic E-state index is 12.5. The number of hydrogen-bond donors (Lipinski definition) is 0. The first-order valence-electron chi connectivity index (χ1n) is 2.78. The molecule has 0 fully saturated rings. The Labute approximate surface area is 75.5 Å². The first kappa shape index (κ1) is 9.32. The van der Waals surface area contributed by atoms with Crippen molar-refractivity contribution in [1.82, 2.24) is 0 Å². The van der Waals surface area contributed by atoms with E-state index in [1.54, 1.807) is 0 Å². The smallest absolute Gasteiger partial charge is 0.211 e. The fourth-order valence-corrected chi connectivity index (χ4v) is 1.60. The van der Waals surface area contributed by atoms with Crippen molar-refractivity contribution in [3.63, 3.8) is 0 Å². The van der Waals surface area contributed by atoms with Crippen molar-refractivity contribution >= 4 is 34.0 Å². The van der Waals surface area contributed by atoms with E-state index in [4.69, 9.17) is 11.6 Å². The van der Waals surface area contributed by atoms with Crippen molar-refractivity contribution in [2.24, 2.45) is 4.99 Å². The number of thiophene rings is 1. The van der Waals surface area contributed by atoms with Crippen LogP contribution < -0.4 is 0 Å². The molecule has 2 nitrogen and oxygen atoms in total. The molecule has 1 heterocycles. The van der Waals surface area contributed by atoms with E-state index in [-0.39, 0.29) is 5.00 Å². The number of alkyl halides is 3. The van der Waals surface area contributed by atoms with Crippen LogP contribution in [-0.4, -0.2) is 6.08 Å². The summed E-state index contributed by atoms with van der Waals surface area (Å²) in [6, 6.07) is 1.12. The second-order valence-corrected chi connectivity index (χ2v) is 3.21. The normalized spacial score (nSPS) is 10.9. The standard InChI is InChI=1S/C6H2ClF2NOS/c7-6(8,9)4-1-2-12-5(4)10-3-11/h1-2H. The number of hydrogen-bond acceptors (Lipinski definition) is 3. The Morgan fingerprint density at radius 3 is 2.83 bits per heavy atom. The second-order valence-electron chi connectivity index (χ2n) is 1.84. The Kier molecular flexibility index (Phi) is 2.57. The number of halogens is 3. The van der Waals surface area contributed by atoms with Crippen molar-refractivity contribution in [1.29, 1.82) is 0 Å². The van der Waals surface area contributed by atoms with Crippen LogP contribution in [-0.2, 0) is 10.2 Å². The third-order valence-corrected chi connectivity index (χ3v) is 2.11. The number of aliphatic imine (C=N–C) groups is 1. The SMILES string of the molecule is O=C=Nc1sccc1C(F)(F)Cl. The fraction of sp³-hybridized carbons (Fsp3) is 0.167. The van der Waals surface area contributed by atoms with Gasteiger partial charge in [0, 0.05) is 0 Å². The lowest BCUT2D eigenvalue weighted by Gasteiger charge is -2.04. The molecule has 12 heavy (non-hydrogen) atoms. The molecule has 0 aliphatic carbocycles. The summed E-state index contributed by atoms with van der Waals surface area (Å²) < 4.78 is 24.9. The second kappa shape index (κ2) is 3.31. The highest BCUT2D eigenvalue weighted by atomic mass is 35.5. The fourth-order valence-electron chi connectivity index (χ4n) is 0.645. The van der Waals surface area contributed by atoms with E-state index in [0.29, 0.717) is 0 Å². The monoisotopic (exact) mass is 209 g/mol. The highest BCUT2D eigenvalue weighted by Gasteiger charge is 2.31. The van der Waals surface area contributed by atoms with Crippen LogP contribution in [0.1, 0.15) is 5.56 Å². The zero-order chi connectivity index (χ0) is 9.19. The molecule has 1 aromatic heterocycles. The number of isocyanates is 1. The maximum absolute atomic E-state index is 12.5. The Bertz CT molecular complexity index is 327. The molecule has 0 unspecified atom stereocenters. The zero-order valence-corrected chi connectivity index (χ0v) is 7.12. The summed E-state index contributed by atoms with van der Waals surface area (Å²) in [5.41, 5.74) is -0.461. The molecule has 1 rings (SSSR count). The van der Waals surface area contributed by atoms with E-state index in [2.05, 4.69) is 4.99 Å². The quantitative estimate of drug-likeness (QED) is 0.418. The molecule has 0 spiro atoms. The van der Waals surface area contributed by atoms with Crippen LogP contribution in [0.3, 0.4) is 0 Å². The van der Waals surface area contributed by atoms with Gasteiger partial charge in [0.05, 0.1) is 5.56 Å². The van der Waals surface area contributed by atoms with Gasteiger partial charge < -0.3 is 0 Å². The average molecular weight is 210 g/mol.